The molecule has 3 aromatic rings. The largest absolute Gasteiger partial charge is 0.320 e. The third kappa shape index (κ3) is 3.43. The maximum absolute atomic E-state index is 12.3. The van der Waals surface area contributed by atoms with Crippen LogP contribution in [0.5, 0.6) is 0 Å². The molecule has 0 aliphatic carbocycles. The van der Waals surface area contributed by atoms with Crippen LogP contribution < -0.4 is 5.32 Å². The number of halogens is 2. The number of hydrogen-bond acceptors (Lipinski definition) is 3. The van der Waals surface area contributed by atoms with Crippen LogP contribution in [0.25, 0.3) is 5.69 Å². The van der Waals surface area contributed by atoms with E-state index in [1.165, 1.54) is 6.20 Å². The molecule has 2 heterocycles. The molecule has 7 heteroatoms. The second-order valence-corrected chi connectivity index (χ2v) is 6.16. The average molecular weight is 392 g/mol. The standard InChI is InChI=1S/C16H12BrClN4O/c1-10-15(18)14(6-7-19-10)21-16(23)11-8-20-22(9-11)13-4-2-12(17)3-5-13/h2-9H,1H3,(H,19,21,23). The molecule has 0 spiro atoms. The summed E-state index contributed by atoms with van der Waals surface area (Å²) in [6.45, 7) is 1.78. The van der Waals surface area contributed by atoms with E-state index in [4.69, 9.17) is 11.6 Å². The molecule has 0 saturated heterocycles. The van der Waals surface area contributed by atoms with Gasteiger partial charge in [0.15, 0.2) is 0 Å². The van der Waals surface area contributed by atoms with E-state index in [9.17, 15) is 4.79 Å². The van der Waals surface area contributed by atoms with Crippen molar-refractivity contribution in [1.82, 2.24) is 14.8 Å². The van der Waals surface area contributed by atoms with E-state index in [0.29, 0.717) is 22.0 Å². The molecule has 5 nitrogen and oxygen atoms in total. The molecule has 1 amide bonds. The number of rotatable bonds is 3. The number of aryl methyl sites for hydroxylation is 1. The first kappa shape index (κ1) is 15.7. The highest BCUT2D eigenvalue weighted by Gasteiger charge is 2.12. The molecule has 0 saturated carbocycles. The fraction of sp³-hybridized carbons (Fsp3) is 0.0625. The van der Waals surface area contributed by atoms with Crippen LogP contribution in [0.15, 0.2) is 53.4 Å². The molecule has 0 bridgehead atoms. The van der Waals surface area contributed by atoms with E-state index in [0.717, 1.165) is 10.2 Å². The Hall–Kier alpha value is -2.18. The van der Waals surface area contributed by atoms with Gasteiger partial charge in [-0.15, -0.1) is 0 Å². The molecular formula is C16H12BrClN4O. The maximum Gasteiger partial charge on any atom is 0.258 e. The number of nitrogens with one attached hydrogen (secondary N) is 1. The van der Waals surface area contributed by atoms with Gasteiger partial charge < -0.3 is 5.32 Å². The first-order chi connectivity index (χ1) is 11.0. The zero-order valence-corrected chi connectivity index (χ0v) is 14.5. The average Bonchev–Trinajstić information content (AvgIpc) is 3.02. The van der Waals surface area contributed by atoms with Crippen molar-refractivity contribution >= 4 is 39.1 Å². The number of nitrogens with zero attached hydrogens (tertiary/aromatic N) is 3. The number of benzene rings is 1. The van der Waals surface area contributed by atoms with Crippen molar-refractivity contribution in [3.8, 4) is 5.69 Å². The van der Waals surface area contributed by atoms with Crippen LogP contribution in [0.2, 0.25) is 5.02 Å². The van der Waals surface area contributed by atoms with Crippen LogP contribution in [-0.4, -0.2) is 20.7 Å². The summed E-state index contributed by atoms with van der Waals surface area (Å²) in [6.07, 6.45) is 4.78. The molecular weight excluding hydrogens is 380 g/mol. The summed E-state index contributed by atoms with van der Waals surface area (Å²) in [5, 5.41) is 7.42. The highest BCUT2D eigenvalue weighted by atomic mass is 79.9. The molecule has 1 N–H and O–H groups in total. The van der Waals surface area contributed by atoms with Crippen LogP contribution in [0.4, 0.5) is 5.69 Å². The highest BCUT2D eigenvalue weighted by Crippen LogP contribution is 2.24. The topological polar surface area (TPSA) is 59.8 Å². The Morgan fingerprint density at radius 3 is 2.74 bits per heavy atom. The van der Waals surface area contributed by atoms with E-state index < -0.39 is 0 Å². The Morgan fingerprint density at radius 1 is 1.26 bits per heavy atom. The summed E-state index contributed by atoms with van der Waals surface area (Å²) in [7, 11) is 0. The smallest absolute Gasteiger partial charge is 0.258 e. The van der Waals surface area contributed by atoms with E-state index >= 15 is 0 Å². The molecule has 116 valence electrons. The first-order valence-electron chi connectivity index (χ1n) is 6.77. The lowest BCUT2D eigenvalue weighted by molar-refractivity contribution is 0.102. The van der Waals surface area contributed by atoms with Crippen molar-refractivity contribution in [2.45, 2.75) is 6.92 Å². The Morgan fingerprint density at radius 2 is 2.00 bits per heavy atom. The molecule has 0 unspecified atom stereocenters. The van der Waals surface area contributed by atoms with Gasteiger partial charge >= 0.3 is 0 Å². The number of carbonyl (C=O) groups excluding carboxylic acids is 1. The van der Waals surface area contributed by atoms with Crippen LogP contribution in [-0.2, 0) is 0 Å². The quantitative estimate of drug-likeness (QED) is 0.726. The molecule has 2 aromatic heterocycles. The Labute approximate surface area is 146 Å². The normalized spacial score (nSPS) is 10.6. The molecule has 0 aliphatic rings. The van der Waals surface area contributed by atoms with Crippen LogP contribution in [0, 0.1) is 6.92 Å². The number of hydrogen-bond donors (Lipinski definition) is 1. The van der Waals surface area contributed by atoms with Crippen molar-refractivity contribution in [3.05, 3.63) is 69.7 Å². The minimum atomic E-state index is -0.277. The Bertz CT molecular complexity index is 861. The second kappa shape index (κ2) is 6.52. The molecule has 3 rings (SSSR count). The molecule has 23 heavy (non-hydrogen) atoms. The second-order valence-electron chi connectivity index (χ2n) is 4.86. The first-order valence-corrected chi connectivity index (χ1v) is 7.95. The minimum absolute atomic E-state index is 0.277. The predicted octanol–water partition coefficient (Wildman–Crippen LogP) is 4.24. The van der Waals surface area contributed by atoms with Crippen molar-refractivity contribution in [2.24, 2.45) is 0 Å². The van der Waals surface area contributed by atoms with Gasteiger partial charge in [-0.1, -0.05) is 27.5 Å². The predicted molar refractivity (Wildman–Crippen MR) is 93.2 cm³/mol. The monoisotopic (exact) mass is 390 g/mol. The highest BCUT2D eigenvalue weighted by molar-refractivity contribution is 9.10. The van der Waals surface area contributed by atoms with Gasteiger partial charge in [-0.25, -0.2) is 4.68 Å². The lowest BCUT2D eigenvalue weighted by Crippen LogP contribution is -2.12. The summed E-state index contributed by atoms with van der Waals surface area (Å²) in [6, 6.07) is 9.29. The number of aromatic nitrogens is 3. The van der Waals surface area contributed by atoms with Gasteiger partial charge in [-0.3, -0.25) is 9.78 Å². The van der Waals surface area contributed by atoms with E-state index in [1.54, 1.807) is 30.1 Å². The van der Waals surface area contributed by atoms with Gasteiger partial charge in [-0.05, 0) is 37.3 Å². The Kier molecular flexibility index (Phi) is 4.45. The van der Waals surface area contributed by atoms with E-state index in [-0.39, 0.29) is 5.91 Å². The fourth-order valence-corrected chi connectivity index (χ4v) is 2.44. The van der Waals surface area contributed by atoms with Gasteiger partial charge in [0.25, 0.3) is 5.91 Å². The lowest BCUT2D eigenvalue weighted by Gasteiger charge is -2.07. The SMILES string of the molecule is Cc1nccc(NC(=O)c2cnn(-c3ccc(Br)cc3)c2)c1Cl. The lowest BCUT2D eigenvalue weighted by atomic mass is 10.3. The van der Waals surface area contributed by atoms with Crippen molar-refractivity contribution in [2.75, 3.05) is 5.32 Å². The minimum Gasteiger partial charge on any atom is -0.320 e. The van der Waals surface area contributed by atoms with Crippen LogP contribution in [0.1, 0.15) is 16.1 Å². The van der Waals surface area contributed by atoms with Gasteiger partial charge in [0.1, 0.15) is 0 Å². The summed E-state index contributed by atoms with van der Waals surface area (Å²) in [4.78, 5) is 16.4. The van der Waals surface area contributed by atoms with Gasteiger partial charge in [0.2, 0.25) is 0 Å². The van der Waals surface area contributed by atoms with Gasteiger partial charge in [0, 0.05) is 16.9 Å². The number of amides is 1. The molecule has 0 radical (unpaired) electrons. The van der Waals surface area contributed by atoms with Crippen LogP contribution in [0.3, 0.4) is 0 Å². The number of anilines is 1. The summed E-state index contributed by atoms with van der Waals surface area (Å²) in [5.74, 6) is -0.277. The molecule has 0 atom stereocenters. The van der Waals surface area contributed by atoms with E-state index in [1.807, 2.05) is 24.3 Å². The van der Waals surface area contributed by atoms with Gasteiger partial charge in [-0.2, -0.15) is 5.10 Å². The van der Waals surface area contributed by atoms with Crippen LogP contribution >= 0.6 is 27.5 Å². The zero-order valence-electron chi connectivity index (χ0n) is 12.1. The summed E-state index contributed by atoms with van der Waals surface area (Å²) in [5.41, 5.74) is 2.50. The number of pyridine rings is 1. The molecule has 1 aromatic carbocycles. The third-order valence-electron chi connectivity index (χ3n) is 3.25. The van der Waals surface area contributed by atoms with E-state index in [2.05, 4.69) is 31.3 Å². The fourth-order valence-electron chi connectivity index (χ4n) is 2.01. The Balaban J connectivity index is 1.81. The van der Waals surface area contributed by atoms with Crippen molar-refractivity contribution in [1.29, 1.82) is 0 Å². The summed E-state index contributed by atoms with van der Waals surface area (Å²) < 4.78 is 2.62. The third-order valence-corrected chi connectivity index (χ3v) is 4.25. The molecule has 0 fully saturated rings. The summed E-state index contributed by atoms with van der Waals surface area (Å²) >= 11 is 9.52. The molecule has 0 aliphatic heterocycles. The van der Waals surface area contributed by atoms with Gasteiger partial charge in [0.05, 0.1) is 33.9 Å². The maximum atomic E-state index is 12.3. The zero-order chi connectivity index (χ0) is 16.4. The van der Waals surface area contributed by atoms with Crippen molar-refractivity contribution < 1.29 is 4.79 Å². The number of carbonyl (C=O) groups is 1. The van der Waals surface area contributed by atoms with Crippen molar-refractivity contribution in [3.63, 3.8) is 0 Å².